The largest absolute Gasteiger partial charge is 0.487 e. The SMILES string of the molecule is Cc1ccc(C(=O)/C=C/c2cc(Br)c(OCc3ccccc3)c(Br)c2)cc1. The maximum atomic E-state index is 12.3. The number of ether oxygens (including phenoxy) is 1. The van der Waals surface area contributed by atoms with Crippen molar-refractivity contribution in [1.82, 2.24) is 0 Å². The van der Waals surface area contributed by atoms with Gasteiger partial charge in [0.15, 0.2) is 5.78 Å². The molecule has 0 saturated heterocycles. The van der Waals surface area contributed by atoms with E-state index < -0.39 is 0 Å². The third-order valence-corrected chi connectivity index (χ3v) is 5.19. The van der Waals surface area contributed by atoms with Crippen molar-refractivity contribution >= 4 is 43.7 Å². The highest BCUT2D eigenvalue weighted by molar-refractivity contribution is 9.11. The van der Waals surface area contributed by atoms with Crippen molar-refractivity contribution < 1.29 is 9.53 Å². The molecule has 0 N–H and O–H groups in total. The van der Waals surface area contributed by atoms with Gasteiger partial charge >= 0.3 is 0 Å². The molecule has 2 nitrogen and oxygen atoms in total. The maximum absolute atomic E-state index is 12.3. The van der Waals surface area contributed by atoms with Crippen LogP contribution in [0.5, 0.6) is 5.75 Å². The summed E-state index contributed by atoms with van der Waals surface area (Å²) in [5, 5.41) is 0. The van der Waals surface area contributed by atoms with E-state index in [0.717, 1.165) is 31.4 Å². The number of hydrogen-bond donors (Lipinski definition) is 0. The van der Waals surface area contributed by atoms with Gasteiger partial charge in [0.25, 0.3) is 0 Å². The maximum Gasteiger partial charge on any atom is 0.185 e. The fourth-order valence-electron chi connectivity index (χ4n) is 2.53. The van der Waals surface area contributed by atoms with E-state index in [0.29, 0.717) is 12.2 Å². The minimum Gasteiger partial charge on any atom is -0.487 e. The minimum absolute atomic E-state index is 0.0216. The first-order valence-corrected chi connectivity index (χ1v) is 10.1. The first-order valence-electron chi connectivity index (χ1n) is 8.48. The van der Waals surface area contributed by atoms with Gasteiger partial charge in [0.2, 0.25) is 0 Å². The van der Waals surface area contributed by atoms with Crippen LogP contribution in [0.2, 0.25) is 0 Å². The lowest BCUT2D eigenvalue weighted by atomic mass is 10.1. The summed E-state index contributed by atoms with van der Waals surface area (Å²) in [6.45, 7) is 2.49. The Morgan fingerprint density at radius 3 is 2.22 bits per heavy atom. The van der Waals surface area contributed by atoms with Crippen LogP contribution in [0.3, 0.4) is 0 Å². The standard InChI is InChI=1S/C23H18Br2O2/c1-16-7-10-19(11-8-16)22(26)12-9-18-13-20(24)23(21(25)14-18)27-15-17-5-3-2-4-6-17/h2-14H,15H2,1H3/b12-9+. The summed E-state index contributed by atoms with van der Waals surface area (Å²) in [6, 6.07) is 21.4. The average Bonchev–Trinajstić information content (AvgIpc) is 2.67. The molecular formula is C23H18Br2O2. The Kier molecular flexibility index (Phi) is 6.64. The Morgan fingerprint density at radius 1 is 0.963 bits per heavy atom. The monoisotopic (exact) mass is 484 g/mol. The predicted molar refractivity (Wildman–Crippen MR) is 117 cm³/mol. The summed E-state index contributed by atoms with van der Waals surface area (Å²) in [7, 11) is 0. The molecule has 3 aromatic rings. The molecule has 0 fully saturated rings. The highest BCUT2D eigenvalue weighted by Gasteiger charge is 2.09. The summed E-state index contributed by atoms with van der Waals surface area (Å²) in [4.78, 5) is 12.3. The van der Waals surface area contributed by atoms with E-state index in [-0.39, 0.29) is 5.78 Å². The summed E-state index contributed by atoms with van der Waals surface area (Å²) < 4.78 is 7.59. The van der Waals surface area contributed by atoms with Crippen molar-refractivity contribution in [1.29, 1.82) is 0 Å². The van der Waals surface area contributed by atoms with E-state index in [2.05, 4.69) is 31.9 Å². The van der Waals surface area contributed by atoms with Gasteiger partial charge in [0.1, 0.15) is 12.4 Å². The second-order valence-electron chi connectivity index (χ2n) is 6.15. The van der Waals surface area contributed by atoms with E-state index >= 15 is 0 Å². The summed E-state index contributed by atoms with van der Waals surface area (Å²) in [5.41, 5.74) is 3.82. The molecular weight excluding hydrogens is 468 g/mol. The molecule has 0 heterocycles. The molecule has 4 heteroatoms. The fraction of sp³-hybridized carbons (Fsp3) is 0.0870. The predicted octanol–water partition coefficient (Wildman–Crippen LogP) is 7.00. The fourth-order valence-corrected chi connectivity index (χ4v) is 3.98. The van der Waals surface area contributed by atoms with Gasteiger partial charge in [-0.05, 0) is 68.1 Å². The lowest BCUT2D eigenvalue weighted by Crippen LogP contribution is -1.97. The number of carbonyl (C=O) groups excluding carboxylic acids is 1. The third kappa shape index (κ3) is 5.41. The van der Waals surface area contributed by atoms with Gasteiger partial charge in [-0.15, -0.1) is 0 Å². The lowest BCUT2D eigenvalue weighted by Gasteiger charge is -2.11. The van der Waals surface area contributed by atoms with Crippen LogP contribution in [-0.4, -0.2) is 5.78 Å². The van der Waals surface area contributed by atoms with Gasteiger partial charge in [-0.3, -0.25) is 4.79 Å². The summed E-state index contributed by atoms with van der Waals surface area (Å²) >= 11 is 7.12. The summed E-state index contributed by atoms with van der Waals surface area (Å²) in [6.07, 6.45) is 3.39. The van der Waals surface area contributed by atoms with Crippen LogP contribution in [0.25, 0.3) is 6.08 Å². The first-order chi connectivity index (χ1) is 13.0. The molecule has 0 unspecified atom stereocenters. The van der Waals surface area contributed by atoms with E-state index in [9.17, 15) is 4.79 Å². The van der Waals surface area contributed by atoms with E-state index in [4.69, 9.17) is 4.74 Å². The molecule has 0 saturated carbocycles. The number of carbonyl (C=O) groups is 1. The number of halogens is 2. The molecule has 0 aliphatic carbocycles. The Bertz CT molecular complexity index is 938. The van der Waals surface area contributed by atoms with Crippen molar-refractivity contribution in [2.24, 2.45) is 0 Å². The van der Waals surface area contributed by atoms with Crippen molar-refractivity contribution in [2.75, 3.05) is 0 Å². The minimum atomic E-state index is -0.0216. The normalized spacial score (nSPS) is 10.9. The molecule has 27 heavy (non-hydrogen) atoms. The van der Waals surface area contributed by atoms with Gasteiger partial charge in [-0.1, -0.05) is 66.2 Å². The third-order valence-electron chi connectivity index (χ3n) is 4.01. The van der Waals surface area contributed by atoms with E-state index in [1.807, 2.05) is 73.7 Å². The molecule has 0 aliphatic heterocycles. The molecule has 0 bridgehead atoms. The topological polar surface area (TPSA) is 26.3 Å². The number of aryl methyl sites for hydroxylation is 1. The van der Waals surface area contributed by atoms with Gasteiger partial charge in [0, 0.05) is 5.56 Å². The van der Waals surface area contributed by atoms with Crippen LogP contribution in [0, 0.1) is 6.92 Å². The van der Waals surface area contributed by atoms with Crippen LogP contribution in [0.4, 0.5) is 0 Å². The Morgan fingerprint density at radius 2 is 1.59 bits per heavy atom. The molecule has 136 valence electrons. The smallest absolute Gasteiger partial charge is 0.185 e. The van der Waals surface area contributed by atoms with Gasteiger partial charge in [-0.25, -0.2) is 0 Å². The van der Waals surface area contributed by atoms with Crippen molar-refractivity contribution in [3.05, 3.63) is 104 Å². The van der Waals surface area contributed by atoms with E-state index in [1.165, 1.54) is 0 Å². The zero-order valence-corrected chi connectivity index (χ0v) is 18.0. The van der Waals surface area contributed by atoms with Crippen molar-refractivity contribution in [3.8, 4) is 5.75 Å². The molecule has 0 amide bonds. The quantitative estimate of drug-likeness (QED) is 0.277. The number of rotatable bonds is 6. The zero-order chi connectivity index (χ0) is 19.2. The molecule has 0 radical (unpaired) electrons. The second kappa shape index (κ2) is 9.16. The second-order valence-corrected chi connectivity index (χ2v) is 7.86. The van der Waals surface area contributed by atoms with Crippen molar-refractivity contribution in [2.45, 2.75) is 13.5 Å². The molecule has 0 spiro atoms. The van der Waals surface area contributed by atoms with E-state index in [1.54, 1.807) is 12.2 Å². The number of benzene rings is 3. The van der Waals surface area contributed by atoms with Gasteiger partial charge in [0.05, 0.1) is 8.95 Å². The Labute approximate surface area is 176 Å². The molecule has 0 atom stereocenters. The van der Waals surface area contributed by atoms with Crippen LogP contribution < -0.4 is 4.74 Å². The molecule has 3 rings (SSSR count). The number of allylic oxidation sites excluding steroid dienone is 1. The lowest BCUT2D eigenvalue weighted by molar-refractivity contribution is 0.104. The molecule has 0 aliphatic rings. The number of hydrogen-bond acceptors (Lipinski definition) is 2. The van der Waals surface area contributed by atoms with Crippen molar-refractivity contribution in [3.63, 3.8) is 0 Å². The van der Waals surface area contributed by atoms with Gasteiger partial charge < -0.3 is 4.74 Å². The number of ketones is 1. The Hall–Kier alpha value is -2.17. The van der Waals surface area contributed by atoms with Gasteiger partial charge in [-0.2, -0.15) is 0 Å². The Balaban J connectivity index is 1.72. The summed E-state index contributed by atoms with van der Waals surface area (Å²) in [5.74, 6) is 0.715. The highest BCUT2D eigenvalue weighted by Crippen LogP contribution is 2.35. The van der Waals surface area contributed by atoms with Crippen LogP contribution in [0.1, 0.15) is 27.0 Å². The highest BCUT2D eigenvalue weighted by atomic mass is 79.9. The van der Waals surface area contributed by atoms with Crippen LogP contribution in [0.15, 0.2) is 81.8 Å². The first kappa shape index (κ1) is 19.6. The average molecular weight is 486 g/mol. The zero-order valence-electron chi connectivity index (χ0n) is 14.8. The molecule has 0 aromatic heterocycles. The molecule has 3 aromatic carbocycles. The van der Waals surface area contributed by atoms with Crippen LogP contribution in [-0.2, 0) is 6.61 Å². The van der Waals surface area contributed by atoms with Crippen LogP contribution >= 0.6 is 31.9 Å².